The van der Waals surface area contributed by atoms with Gasteiger partial charge in [0.25, 0.3) is 5.09 Å². The number of para-hydroxylation sites is 1. The average molecular weight is 508 g/mol. The van der Waals surface area contributed by atoms with E-state index in [1.165, 1.54) is 22.5 Å². The van der Waals surface area contributed by atoms with Crippen molar-refractivity contribution in [3.63, 3.8) is 0 Å². The molecule has 0 saturated carbocycles. The summed E-state index contributed by atoms with van der Waals surface area (Å²) >= 11 is 5.14. The Hall–Kier alpha value is -3.35. The summed E-state index contributed by atoms with van der Waals surface area (Å²) in [5.74, 6) is -0.436. The van der Waals surface area contributed by atoms with Gasteiger partial charge in [-0.25, -0.2) is 9.59 Å². The molecule has 0 bridgehead atoms. The molecule has 0 N–H and O–H groups in total. The van der Waals surface area contributed by atoms with Crippen LogP contribution in [0, 0.1) is 13.9 Å². The van der Waals surface area contributed by atoms with E-state index in [0.29, 0.717) is 12.8 Å². The van der Waals surface area contributed by atoms with Crippen molar-refractivity contribution in [1.29, 1.82) is 0 Å². The number of benzene rings is 2. The van der Waals surface area contributed by atoms with Gasteiger partial charge in [0.05, 0.1) is 13.2 Å². The summed E-state index contributed by atoms with van der Waals surface area (Å²) in [5.41, 5.74) is 0.996. The zero-order valence-corrected chi connectivity index (χ0v) is 19.4. The third-order valence-electron chi connectivity index (χ3n) is 4.07. The van der Waals surface area contributed by atoms with Crippen molar-refractivity contribution in [1.82, 2.24) is 0 Å². The number of carbonyl (C=O) groups is 2. The monoisotopic (exact) mass is 507 g/mol. The molecular formula is C21H17NO8S3. The second kappa shape index (κ2) is 12.0. The molecule has 0 aliphatic carbocycles. The van der Waals surface area contributed by atoms with E-state index in [4.69, 9.17) is 26.4 Å². The van der Waals surface area contributed by atoms with Gasteiger partial charge in [-0.15, -0.1) is 10.1 Å². The molecule has 1 heterocycles. The smallest absolute Gasteiger partial charge is 0.462 e. The third kappa shape index (κ3) is 7.63. The summed E-state index contributed by atoms with van der Waals surface area (Å²) in [7, 11) is 3.08. The van der Waals surface area contributed by atoms with Crippen molar-refractivity contribution in [2.75, 3.05) is 13.2 Å². The highest BCUT2D eigenvalue weighted by atomic mass is 32.9. The standard InChI is InChI=1S/C21H17NO8S3/c23-20(27-11-3-4-12-28-22(25)26)16-5-1-2-6-17(16)30-21(24)29-15-9-7-14(8-10-15)18-13-19(31)33-32-18/h1-2,5-10,13H,3-4,11-12H2. The second-order valence-corrected chi connectivity index (χ2v) is 9.28. The number of hydrogen-bond donors (Lipinski definition) is 0. The number of unbranched alkanes of at least 4 members (excludes halogenated alkanes) is 1. The average Bonchev–Trinajstić information content (AvgIpc) is 3.23. The van der Waals surface area contributed by atoms with Crippen molar-refractivity contribution in [3.05, 3.63) is 74.1 Å². The van der Waals surface area contributed by atoms with Gasteiger partial charge < -0.3 is 19.0 Å². The molecule has 33 heavy (non-hydrogen) atoms. The van der Waals surface area contributed by atoms with Crippen molar-refractivity contribution in [2.24, 2.45) is 0 Å². The van der Waals surface area contributed by atoms with E-state index in [0.717, 1.165) is 14.3 Å². The van der Waals surface area contributed by atoms with Crippen LogP contribution in [-0.4, -0.2) is 30.4 Å². The molecule has 3 aromatic rings. The first-order valence-electron chi connectivity index (χ1n) is 9.56. The molecule has 172 valence electrons. The van der Waals surface area contributed by atoms with Gasteiger partial charge in [-0.1, -0.05) is 45.0 Å². The zero-order valence-electron chi connectivity index (χ0n) is 17.0. The van der Waals surface area contributed by atoms with Crippen molar-refractivity contribution < 1.29 is 33.7 Å². The quantitative estimate of drug-likeness (QED) is 0.0626. The maximum atomic E-state index is 12.3. The van der Waals surface area contributed by atoms with Gasteiger partial charge in [0.15, 0.2) is 0 Å². The molecular weight excluding hydrogens is 490 g/mol. The number of ether oxygens (including phenoxy) is 3. The normalized spacial score (nSPS) is 10.3. The molecule has 3 rings (SSSR count). The Morgan fingerprint density at radius 3 is 2.39 bits per heavy atom. The first kappa shape index (κ1) is 24.3. The van der Waals surface area contributed by atoms with E-state index in [1.807, 2.05) is 6.07 Å². The Morgan fingerprint density at radius 1 is 0.970 bits per heavy atom. The summed E-state index contributed by atoms with van der Waals surface area (Å²) in [5, 5.41) is 9.20. The summed E-state index contributed by atoms with van der Waals surface area (Å²) in [6, 6.07) is 14.9. The first-order valence-corrected chi connectivity index (χ1v) is 12.1. The van der Waals surface area contributed by atoms with Crippen LogP contribution >= 0.6 is 32.9 Å². The lowest BCUT2D eigenvalue weighted by Crippen LogP contribution is -2.16. The molecule has 0 unspecified atom stereocenters. The Balaban J connectivity index is 1.53. The third-order valence-corrected chi connectivity index (χ3v) is 6.98. The predicted molar refractivity (Wildman–Crippen MR) is 124 cm³/mol. The van der Waals surface area contributed by atoms with Crippen LogP contribution in [0.2, 0.25) is 0 Å². The second-order valence-electron chi connectivity index (χ2n) is 6.37. The lowest BCUT2D eigenvalue weighted by Gasteiger charge is -2.10. The maximum Gasteiger partial charge on any atom is 0.519 e. The van der Waals surface area contributed by atoms with E-state index >= 15 is 0 Å². The number of hydrogen-bond acceptors (Lipinski definition) is 11. The van der Waals surface area contributed by atoms with E-state index in [2.05, 4.69) is 4.84 Å². The predicted octanol–water partition coefficient (Wildman–Crippen LogP) is 5.93. The molecule has 0 aliphatic rings. The molecule has 0 saturated heterocycles. The Kier molecular flexibility index (Phi) is 8.87. The molecule has 0 aliphatic heterocycles. The van der Waals surface area contributed by atoms with E-state index in [9.17, 15) is 19.7 Å². The first-order chi connectivity index (χ1) is 15.9. The lowest BCUT2D eigenvalue weighted by atomic mass is 10.2. The molecule has 0 radical (unpaired) electrons. The fourth-order valence-electron chi connectivity index (χ4n) is 2.58. The minimum atomic E-state index is -1.01. The van der Waals surface area contributed by atoms with Crippen LogP contribution in [0.3, 0.4) is 0 Å². The summed E-state index contributed by atoms with van der Waals surface area (Å²) < 4.78 is 16.3. The zero-order chi connectivity index (χ0) is 23.6. The van der Waals surface area contributed by atoms with Crippen LogP contribution in [0.4, 0.5) is 4.79 Å². The molecule has 9 nitrogen and oxygen atoms in total. The minimum absolute atomic E-state index is 0.0150. The van der Waals surface area contributed by atoms with Gasteiger partial charge in [-0.3, -0.25) is 0 Å². The van der Waals surface area contributed by atoms with Crippen molar-refractivity contribution in [3.8, 4) is 21.9 Å². The van der Waals surface area contributed by atoms with Gasteiger partial charge in [0, 0.05) is 4.88 Å². The number of nitrogens with zero attached hydrogens (tertiary/aromatic N) is 1. The van der Waals surface area contributed by atoms with Crippen LogP contribution in [0.25, 0.3) is 10.4 Å². The van der Waals surface area contributed by atoms with Crippen molar-refractivity contribution in [2.45, 2.75) is 12.8 Å². The SMILES string of the molecule is O=C(Oc1ccc(-c2cc(=S)ss2)cc1)Oc1ccccc1C(=O)OCCCCO[N+](=O)[O-]. The van der Waals surface area contributed by atoms with Crippen LogP contribution in [0.5, 0.6) is 11.5 Å². The minimum Gasteiger partial charge on any atom is -0.462 e. The largest absolute Gasteiger partial charge is 0.519 e. The molecule has 0 atom stereocenters. The molecule has 12 heteroatoms. The van der Waals surface area contributed by atoms with Crippen molar-refractivity contribution >= 4 is 45.0 Å². The number of esters is 1. The Labute approximate surface area is 200 Å². The molecule has 2 aromatic carbocycles. The summed E-state index contributed by atoms with van der Waals surface area (Å²) in [6.07, 6.45) is -0.286. The fraction of sp³-hybridized carbons (Fsp3) is 0.190. The summed E-state index contributed by atoms with van der Waals surface area (Å²) in [6.45, 7) is -0.0527. The Bertz CT molecular complexity index is 1170. The van der Waals surface area contributed by atoms with Gasteiger partial charge in [0.1, 0.15) is 20.9 Å². The van der Waals surface area contributed by atoms with Gasteiger partial charge in [-0.05, 0) is 60.9 Å². The van der Waals surface area contributed by atoms with E-state index in [-0.39, 0.29) is 30.3 Å². The van der Waals surface area contributed by atoms with Crippen LogP contribution in [0.1, 0.15) is 23.2 Å². The number of carbonyl (C=O) groups excluding carboxylic acids is 2. The Morgan fingerprint density at radius 2 is 1.70 bits per heavy atom. The topological polar surface area (TPSA) is 114 Å². The van der Waals surface area contributed by atoms with Gasteiger partial charge >= 0.3 is 12.1 Å². The number of rotatable bonds is 10. The summed E-state index contributed by atoms with van der Waals surface area (Å²) in [4.78, 5) is 39.8. The molecule has 1 aromatic heterocycles. The lowest BCUT2D eigenvalue weighted by molar-refractivity contribution is -0.757. The molecule has 0 amide bonds. The molecule has 0 fully saturated rings. The van der Waals surface area contributed by atoms with Crippen LogP contribution < -0.4 is 9.47 Å². The van der Waals surface area contributed by atoms with E-state index < -0.39 is 17.2 Å². The highest BCUT2D eigenvalue weighted by Crippen LogP contribution is 2.30. The van der Waals surface area contributed by atoms with Crippen LogP contribution in [-0.2, 0) is 9.57 Å². The van der Waals surface area contributed by atoms with Crippen LogP contribution in [0.15, 0.2) is 54.6 Å². The molecule has 0 spiro atoms. The maximum absolute atomic E-state index is 12.3. The highest BCUT2D eigenvalue weighted by Gasteiger charge is 2.17. The van der Waals surface area contributed by atoms with Gasteiger partial charge in [-0.2, -0.15) is 0 Å². The fourth-order valence-corrected chi connectivity index (χ4v) is 4.98. The van der Waals surface area contributed by atoms with E-state index in [1.54, 1.807) is 46.7 Å². The van der Waals surface area contributed by atoms with Gasteiger partial charge in [0.2, 0.25) is 0 Å². The highest BCUT2D eigenvalue weighted by molar-refractivity contribution is 7.80.